The Kier molecular flexibility index (Phi) is 6.09. The van der Waals surface area contributed by atoms with E-state index in [4.69, 9.17) is 0 Å². The van der Waals surface area contributed by atoms with Crippen LogP contribution >= 0.6 is 0 Å². The van der Waals surface area contributed by atoms with Crippen LogP contribution in [0.4, 0.5) is 11.4 Å². The highest BCUT2D eigenvalue weighted by molar-refractivity contribution is 7.89. The van der Waals surface area contributed by atoms with Crippen LogP contribution in [0.2, 0.25) is 0 Å². The lowest BCUT2D eigenvalue weighted by atomic mass is 10.1. The van der Waals surface area contributed by atoms with Crippen molar-refractivity contribution in [1.82, 2.24) is 4.72 Å². The van der Waals surface area contributed by atoms with Gasteiger partial charge in [-0.3, -0.25) is 9.59 Å². The summed E-state index contributed by atoms with van der Waals surface area (Å²) in [4.78, 5) is 26.8. The third-order valence-electron chi connectivity index (χ3n) is 6.26. The molecule has 32 heavy (non-hydrogen) atoms. The molecule has 2 aliphatic rings. The number of hydrogen-bond acceptors (Lipinski definition) is 4. The van der Waals surface area contributed by atoms with Gasteiger partial charge < -0.3 is 10.2 Å². The maximum atomic E-state index is 12.8. The standard InChI is InChI=1S/C24H29N3O4S/c1-15-5-4-6-21(17(15)3)26-23(28)11-12-25-32(30,31)20-9-10-22-19(14-20)13-16(2)27(22)24(29)18-7-8-18/h4-6,9-10,14,16,18,25H,7-8,11-13H2,1-3H3,(H,26,28)/t16-/m0/s1. The summed E-state index contributed by atoms with van der Waals surface area (Å²) in [6.07, 6.45) is 2.53. The zero-order valence-corrected chi connectivity index (χ0v) is 19.5. The first-order valence-electron chi connectivity index (χ1n) is 11.0. The van der Waals surface area contributed by atoms with E-state index in [2.05, 4.69) is 10.0 Å². The first kappa shape index (κ1) is 22.5. The maximum absolute atomic E-state index is 12.8. The zero-order chi connectivity index (χ0) is 23.0. The van der Waals surface area contributed by atoms with Gasteiger partial charge in [-0.25, -0.2) is 13.1 Å². The van der Waals surface area contributed by atoms with Crippen LogP contribution in [0, 0.1) is 19.8 Å². The van der Waals surface area contributed by atoms with Gasteiger partial charge in [0.1, 0.15) is 0 Å². The summed E-state index contributed by atoms with van der Waals surface area (Å²) in [5, 5.41) is 2.83. The van der Waals surface area contributed by atoms with Crippen molar-refractivity contribution in [1.29, 1.82) is 0 Å². The van der Waals surface area contributed by atoms with Crippen molar-refractivity contribution in [3.63, 3.8) is 0 Å². The molecular formula is C24H29N3O4S. The van der Waals surface area contributed by atoms with E-state index in [9.17, 15) is 18.0 Å². The van der Waals surface area contributed by atoms with Gasteiger partial charge in [0.25, 0.3) is 0 Å². The van der Waals surface area contributed by atoms with E-state index >= 15 is 0 Å². The van der Waals surface area contributed by atoms with E-state index in [1.54, 1.807) is 12.1 Å². The second-order valence-electron chi connectivity index (χ2n) is 8.77. The van der Waals surface area contributed by atoms with Crippen molar-refractivity contribution in [2.45, 2.75) is 57.4 Å². The van der Waals surface area contributed by atoms with E-state index in [0.29, 0.717) is 6.42 Å². The fourth-order valence-corrected chi connectivity index (χ4v) is 5.20. The van der Waals surface area contributed by atoms with E-state index in [0.717, 1.165) is 40.9 Å². The molecule has 0 spiro atoms. The van der Waals surface area contributed by atoms with Crippen LogP contribution in [0.15, 0.2) is 41.3 Å². The number of sulfonamides is 1. The normalized spacial score (nSPS) is 17.8. The van der Waals surface area contributed by atoms with Gasteiger partial charge in [-0.05, 0) is 81.0 Å². The summed E-state index contributed by atoms with van der Waals surface area (Å²) < 4.78 is 28.0. The van der Waals surface area contributed by atoms with Crippen molar-refractivity contribution in [2.75, 3.05) is 16.8 Å². The highest BCUT2D eigenvalue weighted by Crippen LogP contribution is 2.39. The molecule has 2 amide bonds. The van der Waals surface area contributed by atoms with Gasteiger partial charge in [0.15, 0.2) is 0 Å². The van der Waals surface area contributed by atoms with E-state index in [-0.39, 0.29) is 41.6 Å². The van der Waals surface area contributed by atoms with Gasteiger partial charge in [-0.15, -0.1) is 0 Å². The zero-order valence-electron chi connectivity index (χ0n) is 18.6. The van der Waals surface area contributed by atoms with Gasteiger partial charge in [0.2, 0.25) is 21.8 Å². The highest BCUT2D eigenvalue weighted by Gasteiger charge is 2.39. The van der Waals surface area contributed by atoms with Crippen molar-refractivity contribution >= 4 is 33.2 Å². The third-order valence-corrected chi connectivity index (χ3v) is 7.72. The molecule has 0 aromatic heterocycles. The molecule has 0 bridgehead atoms. The summed E-state index contributed by atoms with van der Waals surface area (Å²) in [5.41, 5.74) is 4.47. The number of amides is 2. The maximum Gasteiger partial charge on any atom is 0.240 e. The molecule has 2 aromatic carbocycles. The first-order chi connectivity index (χ1) is 15.2. The van der Waals surface area contributed by atoms with Crippen LogP contribution in [0.1, 0.15) is 42.9 Å². The first-order valence-corrected chi connectivity index (χ1v) is 12.5. The lowest BCUT2D eigenvalue weighted by Gasteiger charge is -2.22. The van der Waals surface area contributed by atoms with Crippen molar-refractivity contribution < 1.29 is 18.0 Å². The highest BCUT2D eigenvalue weighted by atomic mass is 32.2. The smallest absolute Gasteiger partial charge is 0.240 e. The lowest BCUT2D eigenvalue weighted by molar-refractivity contribution is -0.120. The summed E-state index contributed by atoms with van der Waals surface area (Å²) in [7, 11) is -3.76. The summed E-state index contributed by atoms with van der Waals surface area (Å²) in [6.45, 7) is 5.89. The lowest BCUT2D eigenvalue weighted by Crippen LogP contribution is -2.36. The van der Waals surface area contributed by atoms with Gasteiger partial charge in [0, 0.05) is 36.3 Å². The second-order valence-corrected chi connectivity index (χ2v) is 10.5. The number of nitrogens with zero attached hydrogens (tertiary/aromatic N) is 1. The Morgan fingerprint density at radius 1 is 1.12 bits per heavy atom. The molecule has 1 fully saturated rings. The Labute approximate surface area is 189 Å². The number of hydrogen-bond donors (Lipinski definition) is 2. The van der Waals surface area contributed by atoms with Gasteiger partial charge in [-0.1, -0.05) is 12.1 Å². The van der Waals surface area contributed by atoms with Crippen molar-refractivity contribution in [2.24, 2.45) is 5.92 Å². The number of benzene rings is 2. The van der Waals surface area contributed by atoms with Crippen molar-refractivity contribution in [3.8, 4) is 0 Å². The predicted molar refractivity (Wildman–Crippen MR) is 124 cm³/mol. The fourth-order valence-electron chi connectivity index (χ4n) is 4.12. The Bertz CT molecular complexity index is 1170. The van der Waals surface area contributed by atoms with Crippen LogP contribution in [-0.4, -0.2) is 32.8 Å². The number of aryl methyl sites for hydroxylation is 1. The minimum Gasteiger partial charge on any atom is -0.326 e. The molecule has 0 radical (unpaired) electrons. The largest absolute Gasteiger partial charge is 0.326 e. The van der Waals surface area contributed by atoms with Crippen LogP contribution in [-0.2, 0) is 26.0 Å². The van der Waals surface area contributed by atoms with Crippen LogP contribution in [0.5, 0.6) is 0 Å². The van der Waals surface area contributed by atoms with E-state index < -0.39 is 10.0 Å². The Hall–Kier alpha value is -2.71. The molecular weight excluding hydrogens is 426 g/mol. The molecule has 2 aromatic rings. The molecule has 1 saturated carbocycles. The predicted octanol–water partition coefficient (Wildman–Crippen LogP) is 3.30. The fraction of sp³-hybridized carbons (Fsp3) is 0.417. The average molecular weight is 456 g/mol. The minimum absolute atomic E-state index is 0.00118. The monoisotopic (exact) mass is 455 g/mol. The minimum atomic E-state index is -3.76. The van der Waals surface area contributed by atoms with Gasteiger partial charge >= 0.3 is 0 Å². The Morgan fingerprint density at radius 2 is 1.88 bits per heavy atom. The number of nitrogens with one attached hydrogen (secondary N) is 2. The SMILES string of the molecule is Cc1cccc(NC(=O)CCNS(=O)(=O)c2ccc3c(c2)C[C@H](C)N3C(=O)C2CC2)c1C. The topological polar surface area (TPSA) is 95.6 Å². The molecule has 1 heterocycles. The molecule has 1 atom stereocenters. The molecule has 2 N–H and O–H groups in total. The summed E-state index contributed by atoms with van der Waals surface area (Å²) in [5.74, 6) is 0.00135. The average Bonchev–Trinajstić information content (AvgIpc) is 3.53. The van der Waals surface area contributed by atoms with Gasteiger partial charge in [-0.2, -0.15) is 0 Å². The molecule has 170 valence electrons. The van der Waals surface area contributed by atoms with Gasteiger partial charge in [0.05, 0.1) is 4.90 Å². The second kappa shape index (κ2) is 8.67. The molecule has 7 nitrogen and oxygen atoms in total. The quantitative estimate of drug-likeness (QED) is 0.670. The number of anilines is 2. The molecule has 1 aliphatic carbocycles. The third kappa shape index (κ3) is 4.56. The molecule has 1 aliphatic heterocycles. The number of carbonyl (C=O) groups is 2. The van der Waals surface area contributed by atoms with E-state index in [1.165, 1.54) is 6.07 Å². The molecule has 4 rings (SSSR count). The number of carbonyl (C=O) groups excluding carboxylic acids is 2. The number of rotatable bonds is 7. The van der Waals surface area contributed by atoms with Crippen LogP contribution in [0.25, 0.3) is 0 Å². The van der Waals surface area contributed by atoms with Crippen molar-refractivity contribution in [3.05, 3.63) is 53.1 Å². The molecule has 8 heteroatoms. The Balaban J connectivity index is 1.38. The number of fused-ring (bicyclic) bond motifs is 1. The van der Waals surface area contributed by atoms with Crippen LogP contribution in [0.3, 0.4) is 0 Å². The summed E-state index contributed by atoms with van der Waals surface area (Å²) in [6, 6.07) is 10.6. The Morgan fingerprint density at radius 3 is 2.59 bits per heavy atom. The summed E-state index contributed by atoms with van der Waals surface area (Å²) >= 11 is 0. The molecule has 0 saturated heterocycles. The van der Waals surface area contributed by atoms with Crippen LogP contribution < -0.4 is 14.9 Å². The molecule has 0 unspecified atom stereocenters. The van der Waals surface area contributed by atoms with E-state index in [1.807, 2.05) is 43.9 Å².